The van der Waals surface area contributed by atoms with Crippen molar-refractivity contribution in [3.05, 3.63) is 29.8 Å². The van der Waals surface area contributed by atoms with E-state index in [2.05, 4.69) is 5.32 Å². The molecular formula is C16H20F3NO2. The summed E-state index contributed by atoms with van der Waals surface area (Å²) in [7, 11) is 1.52. The summed E-state index contributed by atoms with van der Waals surface area (Å²) in [6.07, 6.45) is -2.45. The zero-order valence-corrected chi connectivity index (χ0v) is 12.5. The van der Waals surface area contributed by atoms with Crippen molar-refractivity contribution < 1.29 is 22.7 Å². The van der Waals surface area contributed by atoms with E-state index in [4.69, 9.17) is 4.74 Å². The lowest BCUT2D eigenvalue weighted by Gasteiger charge is -2.33. The van der Waals surface area contributed by atoms with Crippen LogP contribution in [0.4, 0.5) is 13.2 Å². The Morgan fingerprint density at radius 2 is 2.05 bits per heavy atom. The summed E-state index contributed by atoms with van der Waals surface area (Å²) in [6.45, 7) is 0. The molecule has 0 aliphatic heterocycles. The summed E-state index contributed by atoms with van der Waals surface area (Å²) in [5, 5.41) is 2.56. The van der Waals surface area contributed by atoms with Gasteiger partial charge in [-0.15, -0.1) is 0 Å². The maximum atomic E-state index is 13.0. The van der Waals surface area contributed by atoms with Crippen LogP contribution in [0.25, 0.3) is 0 Å². The predicted molar refractivity (Wildman–Crippen MR) is 76.6 cm³/mol. The molecule has 1 aliphatic rings. The van der Waals surface area contributed by atoms with E-state index in [9.17, 15) is 18.0 Å². The second kappa shape index (κ2) is 7.03. The molecule has 0 heterocycles. The van der Waals surface area contributed by atoms with E-state index in [1.54, 1.807) is 24.3 Å². The maximum Gasteiger partial charge on any atom is 0.393 e. The Bertz CT molecular complexity index is 516. The van der Waals surface area contributed by atoms with Crippen LogP contribution in [0, 0.1) is 5.92 Å². The molecule has 22 heavy (non-hydrogen) atoms. The first-order valence-electron chi connectivity index (χ1n) is 7.39. The first-order chi connectivity index (χ1) is 10.4. The molecule has 122 valence electrons. The Balaban J connectivity index is 1.97. The normalized spacial score (nSPS) is 22.2. The number of ether oxygens (including phenoxy) is 1. The van der Waals surface area contributed by atoms with Crippen LogP contribution in [0.3, 0.4) is 0 Å². The van der Waals surface area contributed by atoms with Gasteiger partial charge in [-0.05, 0) is 30.5 Å². The van der Waals surface area contributed by atoms with Gasteiger partial charge in [0, 0.05) is 6.04 Å². The highest BCUT2D eigenvalue weighted by Gasteiger charge is 2.45. The predicted octanol–water partition coefficient (Wildman–Crippen LogP) is 3.48. The molecule has 1 aromatic rings. The number of alkyl halides is 3. The molecule has 0 radical (unpaired) electrons. The zero-order valence-electron chi connectivity index (χ0n) is 12.5. The van der Waals surface area contributed by atoms with Gasteiger partial charge in [0.15, 0.2) is 0 Å². The second-order valence-electron chi connectivity index (χ2n) is 5.63. The van der Waals surface area contributed by atoms with E-state index < -0.39 is 18.1 Å². The molecule has 6 heteroatoms. The van der Waals surface area contributed by atoms with Crippen LogP contribution < -0.4 is 10.1 Å². The van der Waals surface area contributed by atoms with Crippen molar-refractivity contribution >= 4 is 5.91 Å². The molecule has 0 saturated heterocycles. The third-order valence-corrected chi connectivity index (χ3v) is 4.03. The van der Waals surface area contributed by atoms with Gasteiger partial charge in [0.25, 0.3) is 0 Å². The number of nitrogens with one attached hydrogen (secondary N) is 1. The van der Waals surface area contributed by atoms with Gasteiger partial charge in [-0.2, -0.15) is 13.2 Å². The third kappa shape index (κ3) is 4.39. The first-order valence-corrected chi connectivity index (χ1v) is 7.39. The van der Waals surface area contributed by atoms with Crippen LogP contribution >= 0.6 is 0 Å². The molecule has 2 atom stereocenters. The second-order valence-corrected chi connectivity index (χ2v) is 5.63. The average Bonchev–Trinajstić information content (AvgIpc) is 2.46. The Labute approximate surface area is 127 Å². The standard InChI is InChI=1S/C16H20F3NO2/c1-22-12-6-4-5-11(9-12)10-15(21)20-14-8-3-2-7-13(14)16(17,18)19/h4-6,9,13-14H,2-3,7-8,10H2,1H3,(H,20,21)/t13-,14+/m0/s1. The molecule has 1 aliphatic carbocycles. The number of rotatable bonds is 4. The van der Waals surface area contributed by atoms with E-state index in [1.807, 2.05) is 0 Å². The lowest BCUT2D eigenvalue weighted by molar-refractivity contribution is -0.189. The van der Waals surface area contributed by atoms with Crippen LogP contribution in [-0.2, 0) is 11.2 Å². The highest BCUT2D eigenvalue weighted by Crippen LogP contribution is 2.37. The van der Waals surface area contributed by atoms with Gasteiger partial charge in [0.2, 0.25) is 5.91 Å². The van der Waals surface area contributed by atoms with Gasteiger partial charge in [0.05, 0.1) is 19.4 Å². The topological polar surface area (TPSA) is 38.3 Å². The third-order valence-electron chi connectivity index (χ3n) is 4.03. The van der Waals surface area contributed by atoms with Crippen LogP contribution in [0.2, 0.25) is 0 Å². The summed E-state index contributed by atoms with van der Waals surface area (Å²) in [5.74, 6) is -1.19. The Kier molecular flexibility index (Phi) is 5.32. The van der Waals surface area contributed by atoms with E-state index >= 15 is 0 Å². The van der Waals surface area contributed by atoms with Crippen molar-refractivity contribution in [2.45, 2.75) is 44.3 Å². The Morgan fingerprint density at radius 1 is 1.32 bits per heavy atom. The van der Waals surface area contributed by atoms with Gasteiger partial charge in [-0.1, -0.05) is 25.0 Å². The van der Waals surface area contributed by atoms with Crippen LogP contribution in [-0.4, -0.2) is 25.2 Å². The fourth-order valence-corrected chi connectivity index (χ4v) is 2.92. The monoisotopic (exact) mass is 315 g/mol. The number of hydrogen-bond donors (Lipinski definition) is 1. The number of amides is 1. The summed E-state index contributed by atoms with van der Waals surface area (Å²) in [4.78, 5) is 12.0. The van der Waals surface area contributed by atoms with Gasteiger partial charge in [-0.25, -0.2) is 0 Å². The molecule has 2 rings (SSSR count). The molecule has 0 unspecified atom stereocenters. The highest BCUT2D eigenvalue weighted by molar-refractivity contribution is 5.79. The van der Waals surface area contributed by atoms with Crippen molar-refractivity contribution in [3.8, 4) is 5.75 Å². The van der Waals surface area contributed by atoms with E-state index in [0.717, 1.165) is 12.0 Å². The number of carbonyl (C=O) groups excluding carboxylic acids is 1. The van der Waals surface area contributed by atoms with Crippen LogP contribution in [0.15, 0.2) is 24.3 Å². The van der Waals surface area contributed by atoms with Gasteiger partial charge >= 0.3 is 6.18 Å². The summed E-state index contributed by atoms with van der Waals surface area (Å²) in [6, 6.07) is 6.15. The van der Waals surface area contributed by atoms with Crippen molar-refractivity contribution in [1.29, 1.82) is 0 Å². The fraction of sp³-hybridized carbons (Fsp3) is 0.562. The number of carbonyl (C=O) groups is 1. The maximum absolute atomic E-state index is 13.0. The van der Waals surface area contributed by atoms with Gasteiger partial charge in [0.1, 0.15) is 5.75 Å². The Hall–Kier alpha value is -1.72. The molecule has 1 aromatic carbocycles. The minimum Gasteiger partial charge on any atom is -0.497 e. The molecule has 1 saturated carbocycles. The SMILES string of the molecule is COc1cccc(CC(=O)N[C@@H]2CCCC[C@@H]2C(F)(F)F)c1. The summed E-state index contributed by atoms with van der Waals surface area (Å²) >= 11 is 0. The lowest BCUT2D eigenvalue weighted by Crippen LogP contribution is -2.48. The van der Waals surface area contributed by atoms with E-state index in [0.29, 0.717) is 18.6 Å². The summed E-state index contributed by atoms with van der Waals surface area (Å²) in [5.41, 5.74) is 0.719. The average molecular weight is 315 g/mol. The number of benzene rings is 1. The number of methoxy groups -OCH3 is 1. The van der Waals surface area contributed by atoms with Crippen molar-refractivity contribution in [3.63, 3.8) is 0 Å². The molecule has 0 spiro atoms. The largest absolute Gasteiger partial charge is 0.497 e. The smallest absolute Gasteiger partial charge is 0.393 e. The number of hydrogen-bond acceptors (Lipinski definition) is 2. The molecule has 0 bridgehead atoms. The van der Waals surface area contributed by atoms with E-state index in [-0.39, 0.29) is 18.7 Å². The van der Waals surface area contributed by atoms with Crippen LogP contribution in [0.1, 0.15) is 31.2 Å². The lowest BCUT2D eigenvalue weighted by atomic mass is 9.84. The fourth-order valence-electron chi connectivity index (χ4n) is 2.92. The van der Waals surface area contributed by atoms with E-state index in [1.165, 1.54) is 7.11 Å². The van der Waals surface area contributed by atoms with Gasteiger partial charge in [-0.3, -0.25) is 4.79 Å². The van der Waals surface area contributed by atoms with Gasteiger partial charge < -0.3 is 10.1 Å². The molecule has 1 N–H and O–H groups in total. The molecule has 3 nitrogen and oxygen atoms in total. The molecule has 1 amide bonds. The van der Waals surface area contributed by atoms with Crippen molar-refractivity contribution in [2.75, 3.05) is 7.11 Å². The molecule has 1 fully saturated rings. The highest BCUT2D eigenvalue weighted by atomic mass is 19.4. The molecular weight excluding hydrogens is 295 g/mol. The summed E-state index contributed by atoms with van der Waals surface area (Å²) < 4.78 is 44.1. The number of halogens is 3. The zero-order chi connectivity index (χ0) is 16.2. The minimum absolute atomic E-state index is 0.0538. The Morgan fingerprint density at radius 3 is 2.73 bits per heavy atom. The molecule has 0 aromatic heterocycles. The van der Waals surface area contributed by atoms with Crippen molar-refractivity contribution in [2.24, 2.45) is 5.92 Å². The van der Waals surface area contributed by atoms with Crippen molar-refractivity contribution in [1.82, 2.24) is 5.32 Å². The minimum atomic E-state index is -4.26. The van der Waals surface area contributed by atoms with Crippen LogP contribution in [0.5, 0.6) is 5.75 Å². The quantitative estimate of drug-likeness (QED) is 0.924. The first kappa shape index (κ1) is 16.6.